The van der Waals surface area contributed by atoms with E-state index in [0.29, 0.717) is 11.9 Å². The Kier molecular flexibility index (Phi) is 4.84. The van der Waals surface area contributed by atoms with E-state index in [1.807, 2.05) is 6.07 Å². The van der Waals surface area contributed by atoms with Gasteiger partial charge in [-0.05, 0) is 37.9 Å². The molecule has 0 radical (unpaired) electrons. The van der Waals surface area contributed by atoms with Gasteiger partial charge in [-0.1, -0.05) is 31.4 Å². The van der Waals surface area contributed by atoms with Crippen molar-refractivity contribution in [3.05, 3.63) is 22.8 Å². The van der Waals surface area contributed by atoms with Crippen molar-refractivity contribution in [2.45, 2.75) is 51.6 Å². The number of pyridine rings is 1. The molecule has 2 rings (SSSR count). The molecule has 100 valence electrons. The summed E-state index contributed by atoms with van der Waals surface area (Å²) in [6.07, 6.45) is 6.44. The molecule has 0 amide bonds. The first kappa shape index (κ1) is 13.6. The standard InChI is InChI=1S/C14H22ClN3/c1-2-11-6-4-3-5-9-18(11)10-13-12(15)7-8-14(16)17-13/h7-8,11H,2-6,9-10H2,1H3,(H2,16,17). The summed E-state index contributed by atoms with van der Waals surface area (Å²) < 4.78 is 0. The van der Waals surface area contributed by atoms with Gasteiger partial charge in [0.1, 0.15) is 5.82 Å². The number of nitrogen functional groups attached to an aromatic ring is 1. The molecule has 1 aliphatic heterocycles. The lowest BCUT2D eigenvalue weighted by Gasteiger charge is -2.29. The van der Waals surface area contributed by atoms with Crippen molar-refractivity contribution in [1.29, 1.82) is 0 Å². The summed E-state index contributed by atoms with van der Waals surface area (Å²) in [5, 5.41) is 0.725. The fourth-order valence-electron chi connectivity index (χ4n) is 2.71. The number of likely N-dealkylation sites (tertiary alicyclic amines) is 1. The molecule has 0 spiro atoms. The Morgan fingerprint density at radius 1 is 1.39 bits per heavy atom. The number of aromatic nitrogens is 1. The van der Waals surface area contributed by atoms with Crippen LogP contribution in [0.1, 0.15) is 44.7 Å². The molecule has 1 aliphatic rings. The lowest BCUT2D eigenvalue weighted by atomic mass is 10.1. The number of anilines is 1. The molecule has 18 heavy (non-hydrogen) atoms. The zero-order valence-electron chi connectivity index (χ0n) is 11.0. The molecular formula is C14H22ClN3. The van der Waals surface area contributed by atoms with Crippen LogP contribution in [0.25, 0.3) is 0 Å². The molecule has 3 nitrogen and oxygen atoms in total. The van der Waals surface area contributed by atoms with Gasteiger partial charge in [-0.25, -0.2) is 4.98 Å². The molecule has 0 aliphatic carbocycles. The van der Waals surface area contributed by atoms with Crippen LogP contribution in [0.15, 0.2) is 12.1 Å². The summed E-state index contributed by atoms with van der Waals surface area (Å²) in [6.45, 7) is 4.23. The van der Waals surface area contributed by atoms with E-state index in [-0.39, 0.29) is 0 Å². The van der Waals surface area contributed by atoms with Crippen LogP contribution in [0.5, 0.6) is 0 Å². The molecule has 1 fully saturated rings. The number of rotatable bonds is 3. The van der Waals surface area contributed by atoms with E-state index >= 15 is 0 Å². The Bertz CT molecular complexity index is 395. The van der Waals surface area contributed by atoms with Gasteiger partial charge < -0.3 is 5.73 Å². The first-order chi connectivity index (χ1) is 8.70. The van der Waals surface area contributed by atoms with Gasteiger partial charge in [-0.3, -0.25) is 4.90 Å². The van der Waals surface area contributed by atoms with Gasteiger partial charge in [0.25, 0.3) is 0 Å². The molecular weight excluding hydrogens is 246 g/mol. The first-order valence-electron chi connectivity index (χ1n) is 6.85. The van der Waals surface area contributed by atoms with Crippen molar-refractivity contribution in [1.82, 2.24) is 9.88 Å². The highest BCUT2D eigenvalue weighted by molar-refractivity contribution is 6.31. The Morgan fingerprint density at radius 3 is 3.00 bits per heavy atom. The van der Waals surface area contributed by atoms with Crippen LogP contribution in [0.2, 0.25) is 5.02 Å². The number of halogens is 1. The highest BCUT2D eigenvalue weighted by Crippen LogP contribution is 2.23. The van der Waals surface area contributed by atoms with Gasteiger partial charge in [0, 0.05) is 12.6 Å². The lowest BCUT2D eigenvalue weighted by Crippen LogP contribution is -2.34. The number of nitrogens with two attached hydrogens (primary N) is 1. The van der Waals surface area contributed by atoms with Crippen LogP contribution in [0.3, 0.4) is 0 Å². The summed E-state index contributed by atoms with van der Waals surface area (Å²) >= 11 is 6.20. The quantitative estimate of drug-likeness (QED) is 0.912. The predicted molar refractivity (Wildman–Crippen MR) is 76.6 cm³/mol. The summed E-state index contributed by atoms with van der Waals surface area (Å²) in [5.41, 5.74) is 6.66. The highest BCUT2D eigenvalue weighted by Gasteiger charge is 2.20. The fraction of sp³-hybridized carbons (Fsp3) is 0.643. The molecule has 1 saturated heterocycles. The van der Waals surface area contributed by atoms with Crippen LogP contribution in [0.4, 0.5) is 5.82 Å². The minimum atomic E-state index is 0.553. The molecule has 0 saturated carbocycles. The summed E-state index contributed by atoms with van der Waals surface area (Å²) in [5.74, 6) is 0.553. The Hall–Kier alpha value is -0.800. The highest BCUT2D eigenvalue weighted by atomic mass is 35.5. The van der Waals surface area contributed by atoms with E-state index in [4.69, 9.17) is 17.3 Å². The van der Waals surface area contributed by atoms with E-state index in [1.165, 1.54) is 32.1 Å². The van der Waals surface area contributed by atoms with Crippen LogP contribution < -0.4 is 5.73 Å². The van der Waals surface area contributed by atoms with E-state index in [9.17, 15) is 0 Å². The second-order valence-corrected chi connectivity index (χ2v) is 5.45. The van der Waals surface area contributed by atoms with Crippen molar-refractivity contribution >= 4 is 17.4 Å². The van der Waals surface area contributed by atoms with Crippen LogP contribution >= 0.6 is 11.6 Å². The van der Waals surface area contributed by atoms with Gasteiger partial charge in [-0.2, -0.15) is 0 Å². The van der Waals surface area contributed by atoms with E-state index < -0.39 is 0 Å². The summed E-state index contributed by atoms with van der Waals surface area (Å²) in [6, 6.07) is 4.26. The first-order valence-corrected chi connectivity index (χ1v) is 7.23. The molecule has 1 aromatic heterocycles. The predicted octanol–water partition coefficient (Wildman–Crippen LogP) is 3.47. The molecule has 1 aromatic rings. The molecule has 2 N–H and O–H groups in total. The lowest BCUT2D eigenvalue weighted by molar-refractivity contribution is 0.184. The van der Waals surface area contributed by atoms with Crippen molar-refractivity contribution in [3.8, 4) is 0 Å². The third-order valence-corrected chi connectivity index (χ3v) is 4.11. The molecule has 1 atom stereocenters. The second kappa shape index (κ2) is 6.39. The maximum absolute atomic E-state index is 6.20. The number of nitrogens with zero attached hydrogens (tertiary/aromatic N) is 2. The molecule has 0 bridgehead atoms. The Morgan fingerprint density at radius 2 is 2.22 bits per heavy atom. The summed E-state index contributed by atoms with van der Waals surface area (Å²) in [4.78, 5) is 6.88. The normalized spacial score (nSPS) is 21.8. The fourth-order valence-corrected chi connectivity index (χ4v) is 2.88. The molecule has 2 heterocycles. The van der Waals surface area contributed by atoms with E-state index in [2.05, 4.69) is 16.8 Å². The zero-order chi connectivity index (χ0) is 13.0. The van der Waals surface area contributed by atoms with Gasteiger partial charge in [0.2, 0.25) is 0 Å². The maximum Gasteiger partial charge on any atom is 0.123 e. The molecule has 1 unspecified atom stereocenters. The van der Waals surface area contributed by atoms with Crippen LogP contribution in [-0.4, -0.2) is 22.5 Å². The molecule has 4 heteroatoms. The van der Waals surface area contributed by atoms with Gasteiger partial charge in [0.05, 0.1) is 10.7 Å². The third-order valence-electron chi connectivity index (χ3n) is 3.76. The van der Waals surface area contributed by atoms with Crippen LogP contribution in [-0.2, 0) is 6.54 Å². The average molecular weight is 268 g/mol. The maximum atomic E-state index is 6.20. The molecule has 0 aromatic carbocycles. The average Bonchev–Trinajstić information content (AvgIpc) is 2.59. The van der Waals surface area contributed by atoms with Crippen molar-refractivity contribution in [2.75, 3.05) is 12.3 Å². The smallest absolute Gasteiger partial charge is 0.123 e. The zero-order valence-corrected chi connectivity index (χ0v) is 11.8. The van der Waals surface area contributed by atoms with E-state index in [0.717, 1.165) is 23.8 Å². The number of hydrogen-bond donors (Lipinski definition) is 1. The Labute approximate surface area is 114 Å². The second-order valence-electron chi connectivity index (χ2n) is 5.05. The SMILES string of the molecule is CCC1CCCCCN1Cc1nc(N)ccc1Cl. The minimum absolute atomic E-state index is 0.553. The summed E-state index contributed by atoms with van der Waals surface area (Å²) in [7, 11) is 0. The topological polar surface area (TPSA) is 42.2 Å². The van der Waals surface area contributed by atoms with E-state index in [1.54, 1.807) is 6.07 Å². The minimum Gasteiger partial charge on any atom is -0.384 e. The van der Waals surface area contributed by atoms with Crippen molar-refractivity contribution in [3.63, 3.8) is 0 Å². The van der Waals surface area contributed by atoms with Crippen molar-refractivity contribution in [2.24, 2.45) is 0 Å². The van der Waals surface area contributed by atoms with Crippen molar-refractivity contribution < 1.29 is 0 Å². The largest absolute Gasteiger partial charge is 0.384 e. The van der Waals surface area contributed by atoms with Crippen LogP contribution in [0, 0.1) is 0 Å². The van der Waals surface area contributed by atoms with Gasteiger partial charge in [-0.15, -0.1) is 0 Å². The third kappa shape index (κ3) is 3.36. The number of hydrogen-bond acceptors (Lipinski definition) is 3. The van der Waals surface area contributed by atoms with Gasteiger partial charge in [0.15, 0.2) is 0 Å². The monoisotopic (exact) mass is 267 g/mol. The van der Waals surface area contributed by atoms with Gasteiger partial charge >= 0.3 is 0 Å². The Balaban J connectivity index is 2.12.